The van der Waals surface area contributed by atoms with Crippen molar-refractivity contribution in [2.45, 2.75) is 26.4 Å². The van der Waals surface area contributed by atoms with E-state index in [0.717, 1.165) is 18.1 Å². The number of carbonyl (C=O) groups excluding carboxylic acids is 1. The number of anilines is 1. The number of ether oxygens (including phenoxy) is 1. The summed E-state index contributed by atoms with van der Waals surface area (Å²) in [6, 6.07) is 1.56. The Hall–Kier alpha value is -2.48. The maximum atomic E-state index is 12.9. The van der Waals surface area contributed by atoms with Gasteiger partial charge in [0.15, 0.2) is 5.82 Å². The van der Waals surface area contributed by atoms with Crippen molar-refractivity contribution in [2.75, 3.05) is 32.1 Å². The number of nitrogens with one attached hydrogen (secondary N) is 1. The summed E-state index contributed by atoms with van der Waals surface area (Å²) in [5, 5.41) is 7.21. The highest BCUT2D eigenvalue weighted by atomic mass is 16.5. The minimum atomic E-state index is -0.303. The zero-order chi connectivity index (χ0) is 17.1. The maximum Gasteiger partial charge on any atom is 0.257 e. The van der Waals surface area contributed by atoms with Crippen LogP contribution in [0.5, 0.6) is 0 Å². The van der Waals surface area contributed by atoms with Crippen molar-refractivity contribution in [3.8, 4) is 0 Å². The number of amides is 1. The smallest absolute Gasteiger partial charge is 0.257 e. The number of morpholine rings is 1. The number of rotatable bonds is 4. The third-order valence-corrected chi connectivity index (χ3v) is 4.02. The average Bonchev–Trinajstić information content (AvgIpc) is 3.09. The molecule has 1 fully saturated rings. The van der Waals surface area contributed by atoms with Gasteiger partial charge < -0.3 is 15.0 Å². The predicted octanol–water partition coefficient (Wildman–Crippen LogP) is 1.26. The molecular weight excluding hydrogens is 308 g/mol. The highest BCUT2D eigenvalue weighted by molar-refractivity contribution is 5.94. The molecule has 1 unspecified atom stereocenters. The average molecular weight is 330 g/mol. The van der Waals surface area contributed by atoms with Gasteiger partial charge in [-0.25, -0.2) is 9.97 Å². The van der Waals surface area contributed by atoms with Gasteiger partial charge in [0.2, 0.25) is 0 Å². The number of aryl methyl sites for hydroxylation is 2. The van der Waals surface area contributed by atoms with E-state index in [2.05, 4.69) is 20.4 Å². The van der Waals surface area contributed by atoms with Crippen molar-refractivity contribution < 1.29 is 9.53 Å². The fourth-order valence-corrected chi connectivity index (χ4v) is 2.74. The van der Waals surface area contributed by atoms with E-state index in [4.69, 9.17) is 4.74 Å². The Balaban J connectivity index is 1.90. The summed E-state index contributed by atoms with van der Waals surface area (Å²) in [6.07, 6.45) is 3.37. The molecule has 8 nitrogen and oxygen atoms in total. The first-order valence-corrected chi connectivity index (χ1v) is 8.07. The van der Waals surface area contributed by atoms with E-state index in [-0.39, 0.29) is 11.9 Å². The molecule has 128 valence electrons. The standard InChI is InChI=1S/C16H22N6O2/c1-4-21-9-12(8-18-21)16(23)22-5-6-24-10-13(22)15-19-11(2)7-14(17-3)20-15/h7-9,13H,4-6,10H2,1-3H3,(H,17,19,20). The Kier molecular flexibility index (Phi) is 4.75. The van der Waals surface area contributed by atoms with Crippen LogP contribution >= 0.6 is 0 Å². The van der Waals surface area contributed by atoms with Crippen LogP contribution in [0.2, 0.25) is 0 Å². The van der Waals surface area contributed by atoms with Crippen molar-refractivity contribution in [3.05, 3.63) is 35.5 Å². The predicted molar refractivity (Wildman–Crippen MR) is 88.8 cm³/mol. The van der Waals surface area contributed by atoms with Gasteiger partial charge in [-0.1, -0.05) is 0 Å². The van der Waals surface area contributed by atoms with Crippen molar-refractivity contribution in [2.24, 2.45) is 0 Å². The maximum absolute atomic E-state index is 12.9. The van der Waals surface area contributed by atoms with Gasteiger partial charge >= 0.3 is 0 Å². The first-order chi connectivity index (χ1) is 11.6. The van der Waals surface area contributed by atoms with Gasteiger partial charge in [0.1, 0.15) is 11.9 Å². The second-order valence-electron chi connectivity index (χ2n) is 5.68. The quantitative estimate of drug-likeness (QED) is 0.908. The van der Waals surface area contributed by atoms with Crippen LogP contribution in [-0.4, -0.2) is 57.4 Å². The minimum Gasteiger partial charge on any atom is -0.377 e. The Labute approximate surface area is 140 Å². The highest BCUT2D eigenvalue weighted by Gasteiger charge is 2.32. The lowest BCUT2D eigenvalue weighted by Gasteiger charge is -2.34. The van der Waals surface area contributed by atoms with E-state index in [1.54, 1.807) is 22.0 Å². The van der Waals surface area contributed by atoms with Crippen LogP contribution < -0.4 is 5.32 Å². The van der Waals surface area contributed by atoms with Crippen LogP contribution in [0.4, 0.5) is 5.82 Å². The molecule has 1 atom stereocenters. The molecule has 1 amide bonds. The van der Waals surface area contributed by atoms with Gasteiger partial charge in [-0.05, 0) is 13.8 Å². The molecule has 1 aliphatic rings. The van der Waals surface area contributed by atoms with Crippen molar-refractivity contribution >= 4 is 11.7 Å². The third kappa shape index (κ3) is 3.23. The minimum absolute atomic E-state index is 0.0703. The normalized spacial score (nSPS) is 17.8. The highest BCUT2D eigenvalue weighted by Crippen LogP contribution is 2.24. The van der Waals surface area contributed by atoms with Gasteiger partial charge in [-0.15, -0.1) is 0 Å². The van der Waals surface area contributed by atoms with Crippen LogP contribution in [0.3, 0.4) is 0 Å². The van der Waals surface area contributed by atoms with Crippen molar-refractivity contribution in [3.63, 3.8) is 0 Å². The molecule has 8 heteroatoms. The topological polar surface area (TPSA) is 85.2 Å². The van der Waals surface area contributed by atoms with Crippen LogP contribution in [-0.2, 0) is 11.3 Å². The van der Waals surface area contributed by atoms with Gasteiger partial charge in [-0.3, -0.25) is 9.48 Å². The van der Waals surface area contributed by atoms with Crippen molar-refractivity contribution in [1.82, 2.24) is 24.6 Å². The molecule has 1 saturated heterocycles. The Morgan fingerprint density at radius 2 is 2.29 bits per heavy atom. The third-order valence-electron chi connectivity index (χ3n) is 4.02. The monoisotopic (exact) mass is 330 g/mol. The number of nitrogens with zero attached hydrogens (tertiary/aromatic N) is 5. The van der Waals surface area contributed by atoms with Crippen LogP contribution in [0.15, 0.2) is 18.5 Å². The molecular formula is C16H22N6O2. The molecule has 0 spiro atoms. The largest absolute Gasteiger partial charge is 0.377 e. The number of hydrogen-bond acceptors (Lipinski definition) is 6. The summed E-state index contributed by atoms with van der Waals surface area (Å²) in [5.74, 6) is 1.25. The van der Waals surface area contributed by atoms with Crippen LogP contribution in [0, 0.1) is 6.92 Å². The SMILES string of the molecule is CCn1cc(C(=O)N2CCOCC2c2nc(C)cc(NC)n2)cn1. The van der Waals surface area contributed by atoms with E-state index >= 15 is 0 Å². The summed E-state index contributed by atoms with van der Waals surface area (Å²) in [7, 11) is 1.81. The zero-order valence-corrected chi connectivity index (χ0v) is 14.2. The number of carbonyl (C=O) groups is 1. The fourth-order valence-electron chi connectivity index (χ4n) is 2.74. The van der Waals surface area contributed by atoms with E-state index in [1.165, 1.54) is 0 Å². The molecule has 3 rings (SSSR count). The fraction of sp³-hybridized carbons (Fsp3) is 0.500. The van der Waals surface area contributed by atoms with E-state index < -0.39 is 0 Å². The van der Waals surface area contributed by atoms with E-state index in [9.17, 15) is 4.79 Å². The summed E-state index contributed by atoms with van der Waals surface area (Å²) in [5.41, 5.74) is 1.42. The van der Waals surface area contributed by atoms with Crippen LogP contribution in [0.25, 0.3) is 0 Å². The first kappa shape index (κ1) is 16.4. The van der Waals surface area contributed by atoms with Crippen LogP contribution in [0.1, 0.15) is 34.8 Å². The van der Waals surface area contributed by atoms with Gasteiger partial charge in [0, 0.05) is 38.1 Å². The zero-order valence-electron chi connectivity index (χ0n) is 14.2. The molecule has 1 N–H and O–H groups in total. The molecule has 3 heterocycles. The lowest BCUT2D eigenvalue weighted by atomic mass is 10.1. The molecule has 0 saturated carbocycles. The van der Waals surface area contributed by atoms with E-state index in [0.29, 0.717) is 31.1 Å². The number of hydrogen-bond donors (Lipinski definition) is 1. The summed E-state index contributed by atoms with van der Waals surface area (Å²) in [4.78, 5) is 23.7. The summed E-state index contributed by atoms with van der Waals surface area (Å²) < 4.78 is 7.32. The second kappa shape index (κ2) is 6.96. The molecule has 0 bridgehead atoms. The first-order valence-electron chi connectivity index (χ1n) is 8.07. The van der Waals surface area contributed by atoms with E-state index in [1.807, 2.05) is 27.0 Å². The molecule has 1 aliphatic heterocycles. The molecule has 0 radical (unpaired) electrons. The molecule has 0 aliphatic carbocycles. The molecule has 2 aromatic heterocycles. The second-order valence-corrected chi connectivity index (χ2v) is 5.68. The Morgan fingerprint density at radius 1 is 1.46 bits per heavy atom. The summed E-state index contributed by atoms with van der Waals surface area (Å²) >= 11 is 0. The summed E-state index contributed by atoms with van der Waals surface area (Å²) in [6.45, 7) is 6.03. The lowest BCUT2D eigenvalue weighted by molar-refractivity contribution is -0.00523. The molecule has 0 aromatic carbocycles. The Morgan fingerprint density at radius 3 is 3.00 bits per heavy atom. The molecule has 2 aromatic rings. The molecule has 24 heavy (non-hydrogen) atoms. The van der Waals surface area contributed by atoms with Gasteiger partial charge in [-0.2, -0.15) is 5.10 Å². The van der Waals surface area contributed by atoms with Gasteiger partial charge in [0.05, 0.1) is 25.0 Å². The Bertz CT molecular complexity index is 729. The van der Waals surface area contributed by atoms with Crippen molar-refractivity contribution in [1.29, 1.82) is 0 Å². The number of aromatic nitrogens is 4. The van der Waals surface area contributed by atoms with Gasteiger partial charge in [0.25, 0.3) is 5.91 Å². The lowest BCUT2D eigenvalue weighted by Crippen LogP contribution is -2.44.